The smallest absolute Gasteiger partial charge is 0.306 e. The van der Waals surface area contributed by atoms with Gasteiger partial charge in [0, 0.05) is 18.6 Å². The maximum atomic E-state index is 11.1. The van der Waals surface area contributed by atoms with E-state index in [9.17, 15) is 4.79 Å². The first-order valence-corrected chi connectivity index (χ1v) is 6.16. The van der Waals surface area contributed by atoms with Gasteiger partial charge in [0.25, 0.3) is 0 Å². The van der Waals surface area contributed by atoms with Crippen LogP contribution in [-0.2, 0) is 11.2 Å². The Morgan fingerprint density at radius 2 is 2.18 bits per heavy atom. The van der Waals surface area contributed by atoms with Crippen LogP contribution in [0.25, 0.3) is 0 Å². The molecule has 1 unspecified atom stereocenters. The van der Waals surface area contributed by atoms with Gasteiger partial charge in [0.15, 0.2) is 0 Å². The minimum absolute atomic E-state index is 0.367. The third kappa shape index (κ3) is 2.50. The molecule has 1 aromatic carbocycles. The molecule has 0 aromatic heterocycles. The first-order valence-electron chi connectivity index (χ1n) is 5.41. The van der Waals surface area contributed by atoms with Crippen molar-refractivity contribution >= 4 is 34.9 Å². The molecule has 3 nitrogen and oxygen atoms in total. The van der Waals surface area contributed by atoms with Crippen LogP contribution in [0.3, 0.4) is 0 Å². The Bertz CT molecular complexity index is 462. The maximum absolute atomic E-state index is 11.1. The SMILES string of the molecule is CN1CCC(C(=O)O)Cc2cc(Cl)cc(Cl)c21. The average Bonchev–Trinajstić information content (AvgIpc) is 2.37. The summed E-state index contributed by atoms with van der Waals surface area (Å²) in [4.78, 5) is 13.1. The summed E-state index contributed by atoms with van der Waals surface area (Å²) >= 11 is 12.1. The number of benzene rings is 1. The highest BCUT2D eigenvalue weighted by molar-refractivity contribution is 6.36. The predicted molar refractivity (Wildman–Crippen MR) is 69.2 cm³/mol. The van der Waals surface area contributed by atoms with E-state index >= 15 is 0 Å². The van der Waals surface area contributed by atoms with Gasteiger partial charge >= 0.3 is 5.97 Å². The van der Waals surface area contributed by atoms with Crippen molar-refractivity contribution in [1.29, 1.82) is 0 Å². The summed E-state index contributed by atoms with van der Waals surface area (Å²) in [6, 6.07) is 3.50. The summed E-state index contributed by atoms with van der Waals surface area (Å²) in [6.45, 7) is 0.686. The van der Waals surface area contributed by atoms with Gasteiger partial charge in [-0.3, -0.25) is 4.79 Å². The van der Waals surface area contributed by atoms with Gasteiger partial charge in [0.2, 0.25) is 0 Å². The number of anilines is 1. The number of rotatable bonds is 1. The molecule has 5 heteroatoms. The van der Waals surface area contributed by atoms with Gasteiger partial charge in [0.05, 0.1) is 16.6 Å². The highest BCUT2D eigenvalue weighted by atomic mass is 35.5. The Morgan fingerprint density at radius 3 is 2.82 bits per heavy atom. The second kappa shape index (κ2) is 4.75. The van der Waals surface area contributed by atoms with E-state index in [2.05, 4.69) is 0 Å². The molecule has 0 saturated carbocycles. The molecular weight excluding hydrogens is 261 g/mol. The highest BCUT2D eigenvalue weighted by Gasteiger charge is 2.26. The molecule has 0 radical (unpaired) electrons. The maximum Gasteiger partial charge on any atom is 0.306 e. The Kier molecular flexibility index (Phi) is 3.50. The van der Waals surface area contributed by atoms with Crippen LogP contribution in [0, 0.1) is 5.92 Å². The van der Waals surface area contributed by atoms with Crippen LogP contribution in [0.15, 0.2) is 12.1 Å². The summed E-state index contributed by atoms with van der Waals surface area (Å²) < 4.78 is 0. The van der Waals surface area contributed by atoms with Crippen LogP contribution >= 0.6 is 23.2 Å². The van der Waals surface area contributed by atoms with E-state index in [1.54, 1.807) is 12.1 Å². The Labute approximate surface area is 110 Å². The summed E-state index contributed by atoms with van der Waals surface area (Å²) in [6.07, 6.45) is 1.10. The van der Waals surface area contributed by atoms with E-state index in [1.807, 2.05) is 11.9 Å². The molecule has 1 aliphatic heterocycles. The molecule has 1 heterocycles. The van der Waals surface area contributed by atoms with Crippen LogP contribution in [0.5, 0.6) is 0 Å². The number of carboxylic acids is 1. The molecule has 0 bridgehead atoms. The lowest BCUT2D eigenvalue weighted by Gasteiger charge is -2.20. The van der Waals surface area contributed by atoms with Crippen molar-refractivity contribution in [3.8, 4) is 0 Å². The monoisotopic (exact) mass is 273 g/mol. The van der Waals surface area contributed by atoms with Crippen LogP contribution in [0.1, 0.15) is 12.0 Å². The van der Waals surface area contributed by atoms with Crippen molar-refractivity contribution in [2.45, 2.75) is 12.8 Å². The summed E-state index contributed by atoms with van der Waals surface area (Å²) in [5, 5.41) is 10.3. The molecule has 92 valence electrons. The fourth-order valence-corrected chi connectivity index (χ4v) is 2.92. The lowest BCUT2D eigenvalue weighted by atomic mass is 9.97. The normalized spacial score (nSPS) is 19.7. The first-order chi connectivity index (χ1) is 7.99. The Balaban J connectivity index is 2.47. The molecule has 1 aliphatic rings. The zero-order valence-corrected chi connectivity index (χ0v) is 10.9. The van der Waals surface area contributed by atoms with Gasteiger partial charge < -0.3 is 10.0 Å². The summed E-state index contributed by atoms with van der Waals surface area (Å²) in [5.41, 5.74) is 1.81. The van der Waals surface area contributed by atoms with E-state index in [1.165, 1.54) is 0 Å². The minimum atomic E-state index is -0.762. The number of hydrogen-bond donors (Lipinski definition) is 1. The van der Waals surface area contributed by atoms with E-state index in [0.29, 0.717) is 29.4 Å². The zero-order chi connectivity index (χ0) is 12.6. The molecule has 0 spiro atoms. The standard InChI is InChI=1S/C12H13Cl2NO2/c1-15-3-2-7(12(16)17)4-8-5-9(13)6-10(14)11(8)15/h5-7H,2-4H2,1H3,(H,16,17). The number of fused-ring (bicyclic) bond motifs is 1. The molecule has 0 amide bonds. The quantitative estimate of drug-likeness (QED) is 0.855. The largest absolute Gasteiger partial charge is 0.481 e. The number of carboxylic acid groups (broad SMARTS) is 1. The van der Waals surface area contributed by atoms with Gasteiger partial charge in [-0.15, -0.1) is 0 Å². The van der Waals surface area contributed by atoms with Crippen molar-refractivity contribution < 1.29 is 9.90 Å². The van der Waals surface area contributed by atoms with Gasteiger partial charge in [-0.2, -0.15) is 0 Å². The van der Waals surface area contributed by atoms with Crippen molar-refractivity contribution in [2.24, 2.45) is 5.92 Å². The second-order valence-electron chi connectivity index (χ2n) is 4.34. The lowest BCUT2D eigenvalue weighted by Crippen LogP contribution is -2.21. The molecule has 0 aliphatic carbocycles. The molecule has 1 N–H and O–H groups in total. The van der Waals surface area contributed by atoms with Crippen LogP contribution in [0.2, 0.25) is 10.0 Å². The van der Waals surface area contributed by atoms with Crippen molar-refractivity contribution in [3.63, 3.8) is 0 Å². The second-order valence-corrected chi connectivity index (χ2v) is 5.19. The van der Waals surface area contributed by atoms with Gasteiger partial charge in [0.1, 0.15) is 0 Å². The van der Waals surface area contributed by atoms with E-state index in [0.717, 1.165) is 11.3 Å². The molecular formula is C12H13Cl2NO2. The third-order valence-electron chi connectivity index (χ3n) is 3.12. The zero-order valence-electron chi connectivity index (χ0n) is 9.41. The fourth-order valence-electron chi connectivity index (χ4n) is 2.24. The molecule has 0 saturated heterocycles. The molecule has 17 heavy (non-hydrogen) atoms. The van der Waals surface area contributed by atoms with Gasteiger partial charge in [-0.25, -0.2) is 0 Å². The van der Waals surface area contributed by atoms with E-state index in [-0.39, 0.29) is 5.92 Å². The van der Waals surface area contributed by atoms with Crippen LogP contribution in [0.4, 0.5) is 5.69 Å². The van der Waals surface area contributed by atoms with Gasteiger partial charge in [-0.05, 0) is 30.5 Å². The van der Waals surface area contributed by atoms with Crippen molar-refractivity contribution in [3.05, 3.63) is 27.7 Å². The number of nitrogens with zero attached hydrogens (tertiary/aromatic N) is 1. The molecule has 1 atom stereocenters. The lowest BCUT2D eigenvalue weighted by molar-refractivity contribution is -0.141. The highest BCUT2D eigenvalue weighted by Crippen LogP contribution is 2.36. The van der Waals surface area contributed by atoms with Crippen molar-refractivity contribution in [2.75, 3.05) is 18.5 Å². The van der Waals surface area contributed by atoms with E-state index < -0.39 is 5.97 Å². The Morgan fingerprint density at radius 1 is 1.47 bits per heavy atom. The number of carbonyl (C=O) groups is 1. The average molecular weight is 274 g/mol. The summed E-state index contributed by atoms with van der Waals surface area (Å²) in [7, 11) is 1.92. The fraction of sp³-hybridized carbons (Fsp3) is 0.417. The predicted octanol–water partition coefficient (Wildman–Crippen LogP) is 3.08. The van der Waals surface area contributed by atoms with Crippen molar-refractivity contribution in [1.82, 2.24) is 0 Å². The topological polar surface area (TPSA) is 40.5 Å². The number of aliphatic carboxylic acids is 1. The number of hydrogen-bond acceptors (Lipinski definition) is 2. The van der Waals surface area contributed by atoms with Crippen LogP contribution in [-0.4, -0.2) is 24.7 Å². The number of halogens is 2. The van der Waals surface area contributed by atoms with E-state index in [4.69, 9.17) is 28.3 Å². The molecule has 2 rings (SSSR count). The minimum Gasteiger partial charge on any atom is -0.481 e. The summed E-state index contributed by atoms with van der Waals surface area (Å²) in [5.74, 6) is -1.13. The molecule has 0 fully saturated rings. The molecule has 1 aromatic rings. The third-order valence-corrected chi connectivity index (χ3v) is 3.62. The Hall–Kier alpha value is -0.930. The van der Waals surface area contributed by atoms with Crippen LogP contribution < -0.4 is 4.90 Å². The van der Waals surface area contributed by atoms with Gasteiger partial charge in [-0.1, -0.05) is 23.2 Å². The first kappa shape index (κ1) is 12.5.